The van der Waals surface area contributed by atoms with Crippen molar-refractivity contribution in [2.45, 2.75) is 172 Å². The molecule has 6 fully saturated rings. The van der Waals surface area contributed by atoms with E-state index in [0.717, 1.165) is 0 Å². The lowest BCUT2D eigenvalue weighted by atomic mass is 9.95. The number of ether oxygens (including phenoxy) is 12. The van der Waals surface area contributed by atoms with Gasteiger partial charge >= 0.3 is 5.97 Å². The summed E-state index contributed by atoms with van der Waals surface area (Å²) < 4.78 is 69.1. The van der Waals surface area contributed by atoms with Crippen LogP contribution in [0.15, 0.2) is 12.7 Å². The molecule has 0 saturated carbocycles. The van der Waals surface area contributed by atoms with Crippen LogP contribution in [0.4, 0.5) is 0 Å². The fourth-order valence-corrected chi connectivity index (χ4v) is 8.14. The molecule has 6 aliphatic rings. The number of carboxylic acids is 1. The van der Waals surface area contributed by atoms with Gasteiger partial charge in [0.15, 0.2) is 43.8 Å². The fourth-order valence-electron chi connectivity index (χ4n) is 8.14. The maximum Gasteiger partial charge on any atom is 0.335 e. The van der Waals surface area contributed by atoms with Crippen LogP contribution >= 0.6 is 0 Å². The van der Waals surface area contributed by atoms with Crippen LogP contribution in [0, 0.1) is 0 Å². The minimum atomic E-state index is -2.25. The molecular weight excluding hydrogens is 924 g/mol. The predicted molar refractivity (Wildman–Crippen MR) is 202 cm³/mol. The van der Waals surface area contributed by atoms with Crippen LogP contribution in [0.2, 0.25) is 0 Å². The molecule has 28 atom stereocenters. The summed E-state index contributed by atoms with van der Waals surface area (Å²) >= 11 is 0. The number of carbonyl (C=O) groups is 1. The van der Waals surface area contributed by atoms with E-state index in [-0.39, 0.29) is 6.61 Å². The van der Waals surface area contributed by atoms with Gasteiger partial charge in [-0.25, -0.2) is 4.79 Å². The summed E-state index contributed by atoms with van der Waals surface area (Å²) in [5.74, 6) is -1.83. The Morgan fingerprint density at radius 3 is 1.31 bits per heavy atom. The Morgan fingerprint density at radius 1 is 0.448 bits per heavy atom. The van der Waals surface area contributed by atoms with Gasteiger partial charge in [0.05, 0.1) is 39.6 Å². The van der Waals surface area contributed by atoms with Crippen molar-refractivity contribution in [2.75, 3.05) is 39.6 Å². The number of hydrogen-bond donors (Lipinski definition) is 17. The Labute approximate surface area is 378 Å². The Balaban J connectivity index is 1.40. The van der Waals surface area contributed by atoms with Crippen molar-refractivity contribution in [2.24, 2.45) is 0 Å². The van der Waals surface area contributed by atoms with Crippen LogP contribution in [-0.4, -0.2) is 304 Å². The Morgan fingerprint density at radius 2 is 0.851 bits per heavy atom. The molecule has 6 saturated heterocycles. The maximum absolute atomic E-state index is 11.9. The van der Waals surface area contributed by atoms with Crippen molar-refractivity contribution < 1.29 is 148 Å². The summed E-state index contributed by atoms with van der Waals surface area (Å²) in [6, 6.07) is 0. The molecule has 6 aliphatic heterocycles. The Hall–Kier alpha value is -1.91. The number of rotatable bonds is 17. The third-order valence-electron chi connectivity index (χ3n) is 12.0. The Kier molecular flexibility index (Phi) is 19.1. The fraction of sp³-hybridized carbons (Fsp3) is 0.919. The molecule has 0 spiro atoms. The van der Waals surface area contributed by atoms with E-state index in [1.54, 1.807) is 0 Å². The van der Waals surface area contributed by atoms with Crippen LogP contribution in [0.25, 0.3) is 0 Å². The first-order valence-corrected chi connectivity index (χ1v) is 21.0. The van der Waals surface area contributed by atoms with E-state index in [2.05, 4.69) is 6.58 Å². The average molecular weight is 985 g/mol. The van der Waals surface area contributed by atoms with E-state index in [1.807, 2.05) is 0 Å². The highest BCUT2D eigenvalue weighted by molar-refractivity contribution is 5.73. The van der Waals surface area contributed by atoms with Gasteiger partial charge in [-0.1, -0.05) is 6.08 Å². The summed E-state index contributed by atoms with van der Waals surface area (Å²) in [5.41, 5.74) is 0. The van der Waals surface area contributed by atoms with Crippen LogP contribution < -0.4 is 0 Å². The molecule has 0 aromatic carbocycles. The number of hydrogen-bond acceptors (Lipinski definition) is 29. The minimum Gasteiger partial charge on any atom is -0.479 e. The van der Waals surface area contributed by atoms with Crippen molar-refractivity contribution in [1.82, 2.24) is 0 Å². The number of aliphatic carboxylic acids is 1. The first kappa shape index (κ1) is 54.4. The van der Waals surface area contributed by atoms with Crippen molar-refractivity contribution in [1.29, 1.82) is 0 Å². The maximum atomic E-state index is 11.9. The molecule has 6 rings (SSSR count). The quantitative estimate of drug-likeness (QED) is 0.0602. The lowest BCUT2D eigenvalue weighted by molar-refractivity contribution is -0.415. The minimum absolute atomic E-state index is 0.286. The van der Waals surface area contributed by atoms with E-state index in [4.69, 9.17) is 56.8 Å². The van der Waals surface area contributed by atoms with E-state index in [9.17, 15) is 91.6 Å². The molecule has 17 N–H and O–H groups in total. The summed E-state index contributed by atoms with van der Waals surface area (Å²) in [6.45, 7) is -1.03. The highest BCUT2D eigenvalue weighted by Gasteiger charge is 2.59. The van der Waals surface area contributed by atoms with E-state index < -0.39 is 211 Å². The van der Waals surface area contributed by atoms with Crippen LogP contribution in [0.3, 0.4) is 0 Å². The van der Waals surface area contributed by atoms with Gasteiger partial charge < -0.3 is 144 Å². The summed E-state index contributed by atoms with van der Waals surface area (Å²) in [4.78, 5) is 11.9. The molecule has 30 nitrogen and oxygen atoms in total. The molecule has 0 amide bonds. The molecule has 0 bridgehead atoms. The molecule has 0 aliphatic carbocycles. The monoisotopic (exact) mass is 984 g/mol. The SMILES string of the molecule is C=CCO[C@H]1O[C@H](CO)[C@@H](O)[C@H](O[C@H]2O[C@H](CO)[C@@H](O)[C@H](O[C@H]3O[C@H](CO)[C@@H](O)[C@H](O)[C@@H]3O[C@@H]3O[C@H](C(=O)O)[C@@H](O)[C@H](O)[C@H]3O)[C@@H]2O[C@@H]2OC[C@@H](O)[C@H](O)[C@H]2O)[C@@H]1O[C@@H]1OC[C@@H](O)[C@H](O)[C@H]1O. The second-order valence-corrected chi connectivity index (χ2v) is 16.5. The molecule has 0 aromatic rings. The molecule has 0 aromatic heterocycles. The van der Waals surface area contributed by atoms with Crippen LogP contribution in [-0.2, 0) is 61.6 Å². The van der Waals surface area contributed by atoms with Gasteiger partial charge in [-0.05, 0) is 0 Å². The molecular formula is C37H60O30. The van der Waals surface area contributed by atoms with Gasteiger partial charge in [0, 0.05) is 0 Å². The second-order valence-electron chi connectivity index (χ2n) is 16.5. The highest BCUT2D eigenvalue weighted by Crippen LogP contribution is 2.38. The lowest BCUT2D eigenvalue weighted by Gasteiger charge is -2.51. The van der Waals surface area contributed by atoms with Crippen molar-refractivity contribution in [3.63, 3.8) is 0 Å². The molecule has 0 radical (unpaired) electrons. The van der Waals surface area contributed by atoms with E-state index in [1.165, 1.54) is 6.08 Å². The summed E-state index contributed by atoms with van der Waals surface area (Å²) in [6.07, 6.45) is -54.6. The summed E-state index contributed by atoms with van der Waals surface area (Å²) in [7, 11) is 0. The first-order valence-electron chi connectivity index (χ1n) is 21.0. The van der Waals surface area contributed by atoms with Gasteiger partial charge in [0.2, 0.25) is 0 Å². The first-order chi connectivity index (χ1) is 31.8. The molecule has 67 heavy (non-hydrogen) atoms. The van der Waals surface area contributed by atoms with Crippen molar-refractivity contribution in [3.8, 4) is 0 Å². The third kappa shape index (κ3) is 11.6. The molecule has 30 heteroatoms. The summed E-state index contributed by atoms with van der Waals surface area (Å²) in [5, 5.41) is 180. The smallest absolute Gasteiger partial charge is 0.335 e. The zero-order valence-electron chi connectivity index (χ0n) is 35.1. The van der Waals surface area contributed by atoms with Crippen LogP contribution in [0.1, 0.15) is 0 Å². The number of aliphatic hydroxyl groups is 16. The third-order valence-corrected chi connectivity index (χ3v) is 12.0. The lowest BCUT2D eigenvalue weighted by Crippen LogP contribution is -2.69. The van der Waals surface area contributed by atoms with Gasteiger partial charge in [-0.2, -0.15) is 0 Å². The molecule has 6 heterocycles. The van der Waals surface area contributed by atoms with Gasteiger partial charge in [0.1, 0.15) is 128 Å². The van der Waals surface area contributed by atoms with Crippen molar-refractivity contribution in [3.05, 3.63) is 12.7 Å². The van der Waals surface area contributed by atoms with E-state index >= 15 is 0 Å². The molecule has 0 unspecified atom stereocenters. The standard InChI is InChI=1S/C37H60O30/c1-2-3-56-35-29(66-32-22(51)14(43)9(41)7-57-32)25(17(46)12(5-39)59-35)63-37-30(67-33-23(52)15(44)10(42)8-58-33)26(18(47)13(6-40)61-37)62-36-28(20(49)16(45)11(4-38)60-36)65-34-24(53)19(48)21(50)27(64-34)31(54)55/h2,9-30,32-53H,1,3-8H2,(H,54,55)/t9-,10-,11-,12-,13-,14+,15+,16-,17-,18-,19+,20+,21+,22-,23-,24-,25+,26+,27+,28+,29+,30+,32+,33+,34+,35+,36-,37-/m1/s1. The van der Waals surface area contributed by atoms with Gasteiger partial charge in [0.25, 0.3) is 0 Å². The number of aliphatic hydroxyl groups excluding tert-OH is 16. The zero-order chi connectivity index (χ0) is 49.2. The normalized spacial score (nSPS) is 51.0. The average Bonchev–Trinajstić information content (AvgIpc) is 3.30. The van der Waals surface area contributed by atoms with Gasteiger partial charge in [-0.3, -0.25) is 0 Å². The highest BCUT2D eigenvalue weighted by atomic mass is 16.8. The van der Waals surface area contributed by atoms with Crippen LogP contribution in [0.5, 0.6) is 0 Å². The largest absolute Gasteiger partial charge is 0.479 e. The van der Waals surface area contributed by atoms with Crippen molar-refractivity contribution >= 4 is 5.97 Å². The zero-order valence-corrected chi connectivity index (χ0v) is 35.1. The number of carboxylic acid groups (broad SMARTS) is 1. The topological polar surface area (TPSA) is 472 Å². The van der Waals surface area contributed by atoms with E-state index in [0.29, 0.717) is 0 Å². The Bertz CT molecular complexity index is 1570. The predicted octanol–water partition coefficient (Wildman–Crippen LogP) is -11.5. The van der Waals surface area contributed by atoms with Gasteiger partial charge in [-0.15, -0.1) is 6.58 Å². The second kappa shape index (κ2) is 23.5. The molecule has 388 valence electrons.